The van der Waals surface area contributed by atoms with E-state index in [9.17, 15) is 19.2 Å². The fourth-order valence-corrected chi connectivity index (χ4v) is 2.40. The number of nitrogens with one attached hydrogen (secondary N) is 3. The number of hydrogen-bond acceptors (Lipinski definition) is 5. The van der Waals surface area contributed by atoms with Gasteiger partial charge >= 0.3 is 5.97 Å². The zero-order valence-corrected chi connectivity index (χ0v) is 16.6. The topological polar surface area (TPSA) is 141 Å². The number of rotatable bonds is 7. The van der Waals surface area contributed by atoms with Gasteiger partial charge in [-0.1, -0.05) is 34.6 Å². The number of amides is 2. The Bertz CT molecular complexity index is 777. The van der Waals surface area contributed by atoms with Gasteiger partial charge in [-0.3, -0.25) is 14.4 Å². The summed E-state index contributed by atoms with van der Waals surface area (Å²) in [7, 11) is 0. The third-order valence-corrected chi connectivity index (χ3v) is 3.79. The molecule has 9 heteroatoms. The van der Waals surface area contributed by atoms with E-state index in [1.54, 1.807) is 6.92 Å². The molecule has 0 radical (unpaired) electrons. The van der Waals surface area contributed by atoms with Crippen LogP contribution in [0.15, 0.2) is 4.79 Å². The molecule has 1 aromatic rings. The molecule has 1 heterocycles. The van der Waals surface area contributed by atoms with Crippen LogP contribution in [0.1, 0.15) is 62.9 Å². The highest BCUT2D eigenvalue weighted by Gasteiger charge is 2.24. The number of aromatic amines is 1. The molecule has 0 unspecified atom stereocenters. The SMILES string of the molecule is Cc1nc(C(C)(C)C)[nH]c(=O)c1C(=O)NCC(=O)N[C@@H](CC(C)C)C(=O)O. The average molecular weight is 380 g/mol. The molecule has 9 nitrogen and oxygen atoms in total. The molecule has 0 fully saturated rings. The van der Waals surface area contributed by atoms with Crippen molar-refractivity contribution in [3.63, 3.8) is 0 Å². The molecular weight excluding hydrogens is 352 g/mol. The molecule has 0 aromatic carbocycles. The molecule has 4 N–H and O–H groups in total. The number of aromatic nitrogens is 2. The van der Waals surface area contributed by atoms with Crippen LogP contribution in [-0.2, 0) is 15.0 Å². The van der Waals surface area contributed by atoms with Crippen molar-refractivity contribution in [2.24, 2.45) is 5.92 Å². The van der Waals surface area contributed by atoms with E-state index in [1.165, 1.54) is 0 Å². The number of hydrogen-bond donors (Lipinski definition) is 4. The van der Waals surface area contributed by atoms with Gasteiger partial charge in [-0.25, -0.2) is 9.78 Å². The van der Waals surface area contributed by atoms with Crippen LogP contribution in [0.4, 0.5) is 0 Å². The Hall–Kier alpha value is -2.71. The lowest BCUT2D eigenvalue weighted by molar-refractivity contribution is -0.142. The van der Waals surface area contributed by atoms with Gasteiger partial charge in [0.2, 0.25) is 5.91 Å². The minimum atomic E-state index is -1.14. The van der Waals surface area contributed by atoms with E-state index < -0.39 is 35.9 Å². The summed E-state index contributed by atoms with van der Waals surface area (Å²) in [6, 6.07) is -1.03. The van der Waals surface area contributed by atoms with Crippen molar-refractivity contribution in [1.82, 2.24) is 20.6 Å². The highest BCUT2D eigenvalue weighted by molar-refractivity contribution is 5.97. The van der Waals surface area contributed by atoms with E-state index in [-0.39, 0.29) is 29.0 Å². The number of carboxylic acids is 1. The lowest BCUT2D eigenvalue weighted by Gasteiger charge is -2.18. The summed E-state index contributed by atoms with van der Waals surface area (Å²) >= 11 is 0. The summed E-state index contributed by atoms with van der Waals surface area (Å²) in [4.78, 5) is 54.5. The van der Waals surface area contributed by atoms with Crippen LogP contribution in [0.3, 0.4) is 0 Å². The van der Waals surface area contributed by atoms with Gasteiger partial charge in [-0.05, 0) is 19.3 Å². The Balaban J connectivity index is 2.81. The number of aliphatic carboxylic acids is 1. The van der Waals surface area contributed by atoms with E-state index in [2.05, 4.69) is 20.6 Å². The van der Waals surface area contributed by atoms with Crippen LogP contribution < -0.4 is 16.2 Å². The number of carboxylic acid groups (broad SMARTS) is 1. The summed E-state index contributed by atoms with van der Waals surface area (Å²) in [5.41, 5.74) is -0.896. The Morgan fingerprint density at radius 2 is 1.81 bits per heavy atom. The average Bonchev–Trinajstić information content (AvgIpc) is 2.50. The summed E-state index contributed by atoms with van der Waals surface area (Å²) in [6.45, 7) is 10.4. The molecule has 150 valence electrons. The lowest BCUT2D eigenvalue weighted by atomic mass is 9.95. The molecule has 1 atom stereocenters. The maximum Gasteiger partial charge on any atom is 0.326 e. The summed E-state index contributed by atoms with van der Waals surface area (Å²) in [6.07, 6.45) is 0.270. The van der Waals surface area contributed by atoms with Gasteiger partial charge in [-0.15, -0.1) is 0 Å². The minimum absolute atomic E-state index is 0.0783. The van der Waals surface area contributed by atoms with Gasteiger partial charge in [0, 0.05) is 5.41 Å². The Labute approximate surface area is 158 Å². The fraction of sp³-hybridized carbons (Fsp3) is 0.611. The van der Waals surface area contributed by atoms with Gasteiger partial charge in [0.25, 0.3) is 11.5 Å². The number of nitrogens with zero attached hydrogens (tertiary/aromatic N) is 1. The second kappa shape index (κ2) is 8.79. The van der Waals surface area contributed by atoms with E-state index >= 15 is 0 Å². The fourth-order valence-electron chi connectivity index (χ4n) is 2.40. The van der Waals surface area contributed by atoms with Crippen LogP contribution >= 0.6 is 0 Å². The predicted octanol–water partition coefficient (Wildman–Crippen LogP) is 0.721. The van der Waals surface area contributed by atoms with Gasteiger partial charge < -0.3 is 20.7 Å². The quantitative estimate of drug-likeness (QED) is 0.549. The van der Waals surface area contributed by atoms with Crippen molar-refractivity contribution in [3.8, 4) is 0 Å². The van der Waals surface area contributed by atoms with Gasteiger partial charge in [-0.2, -0.15) is 0 Å². The number of H-pyrrole nitrogens is 1. The minimum Gasteiger partial charge on any atom is -0.480 e. The highest BCUT2D eigenvalue weighted by atomic mass is 16.4. The monoisotopic (exact) mass is 380 g/mol. The van der Waals surface area contributed by atoms with Crippen molar-refractivity contribution in [2.75, 3.05) is 6.54 Å². The van der Waals surface area contributed by atoms with Crippen molar-refractivity contribution in [3.05, 3.63) is 27.4 Å². The smallest absolute Gasteiger partial charge is 0.326 e. The molecule has 0 saturated heterocycles. The molecular formula is C18H28N4O5. The largest absolute Gasteiger partial charge is 0.480 e. The molecule has 0 spiro atoms. The van der Waals surface area contributed by atoms with Crippen molar-refractivity contribution in [2.45, 2.75) is 59.4 Å². The second-order valence-electron chi connectivity index (χ2n) is 7.90. The predicted molar refractivity (Wildman–Crippen MR) is 99.6 cm³/mol. The molecule has 0 bridgehead atoms. The van der Waals surface area contributed by atoms with Crippen molar-refractivity contribution < 1.29 is 19.5 Å². The van der Waals surface area contributed by atoms with Gasteiger partial charge in [0.05, 0.1) is 12.2 Å². The Morgan fingerprint density at radius 1 is 1.22 bits per heavy atom. The summed E-state index contributed by atoms with van der Waals surface area (Å²) < 4.78 is 0. The number of carbonyl (C=O) groups is 3. The zero-order valence-electron chi connectivity index (χ0n) is 16.6. The van der Waals surface area contributed by atoms with E-state index in [0.29, 0.717) is 5.82 Å². The van der Waals surface area contributed by atoms with Gasteiger partial charge in [0.1, 0.15) is 17.4 Å². The summed E-state index contributed by atoms with van der Waals surface area (Å²) in [5, 5.41) is 13.8. The first-order chi connectivity index (χ1) is 12.3. The maximum absolute atomic E-state index is 12.3. The standard InChI is InChI=1S/C18H28N4O5/c1-9(2)7-11(16(26)27)21-12(23)8-19-14(24)13-10(3)20-17(18(4,5)6)22-15(13)25/h9,11H,7-8H2,1-6H3,(H,19,24)(H,21,23)(H,26,27)(H,20,22,25)/t11-/m0/s1. The molecule has 0 saturated carbocycles. The first kappa shape index (κ1) is 22.3. The zero-order chi connectivity index (χ0) is 20.9. The molecule has 0 aliphatic rings. The second-order valence-corrected chi connectivity index (χ2v) is 7.90. The van der Waals surface area contributed by atoms with E-state index in [4.69, 9.17) is 5.11 Å². The third-order valence-electron chi connectivity index (χ3n) is 3.79. The molecule has 1 aromatic heterocycles. The maximum atomic E-state index is 12.3. The van der Waals surface area contributed by atoms with Crippen LogP contribution in [-0.4, -0.2) is 45.4 Å². The highest BCUT2D eigenvalue weighted by Crippen LogP contribution is 2.17. The first-order valence-corrected chi connectivity index (χ1v) is 8.74. The summed E-state index contributed by atoms with van der Waals surface area (Å²) in [5.74, 6) is -2.00. The lowest BCUT2D eigenvalue weighted by Crippen LogP contribution is -2.46. The number of aryl methyl sites for hydroxylation is 1. The Kier molecular flexibility index (Phi) is 7.27. The van der Waals surface area contributed by atoms with E-state index in [1.807, 2.05) is 34.6 Å². The normalized spacial score (nSPS) is 12.6. The van der Waals surface area contributed by atoms with Crippen molar-refractivity contribution in [1.29, 1.82) is 0 Å². The van der Waals surface area contributed by atoms with E-state index in [0.717, 1.165) is 0 Å². The first-order valence-electron chi connectivity index (χ1n) is 8.74. The van der Waals surface area contributed by atoms with Crippen LogP contribution in [0, 0.1) is 12.8 Å². The van der Waals surface area contributed by atoms with Crippen LogP contribution in [0.25, 0.3) is 0 Å². The molecule has 0 aliphatic carbocycles. The van der Waals surface area contributed by atoms with Crippen LogP contribution in [0.2, 0.25) is 0 Å². The Morgan fingerprint density at radius 3 is 2.26 bits per heavy atom. The van der Waals surface area contributed by atoms with Crippen LogP contribution in [0.5, 0.6) is 0 Å². The third kappa shape index (κ3) is 6.50. The number of carbonyl (C=O) groups excluding carboxylic acids is 2. The molecule has 1 rings (SSSR count). The van der Waals surface area contributed by atoms with Gasteiger partial charge in [0.15, 0.2) is 0 Å². The molecule has 27 heavy (non-hydrogen) atoms. The molecule has 0 aliphatic heterocycles. The van der Waals surface area contributed by atoms with Crippen molar-refractivity contribution >= 4 is 17.8 Å². The molecule has 2 amide bonds.